The van der Waals surface area contributed by atoms with Gasteiger partial charge in [-0.1, -0.05) is 6.92 Å². The average molecular weight is 244 g/mol. The van der Waals surface area contributed by atoms with E-state index in [1.54, 1.807) is 10.6 Å². The van der Waals surface area contributed by atoms with E-state index in [-0.39, 0.29) is 5.56 Å². The Hall–Kier alpha value is -2.35. The minimum Gasteiger partial charge on any atom is -0.383 e. The zero-order chi connectivity index (χ0) is 13.3. The zero-order valence-corrected chi connectivity index (χ0v) is 10.2. The number of benzene rings is 1. The van der Waals surface area contributed by atoms with E-state index >= 15 is 0 Å². The first-order valence-corrected chi connectivity index (χ1v) is 5.59. The van der Waals surface area contributed by atoms with Crippen LogP contribution in [0.25, 0.3) is 11.3 Å². The highest BCUT2D eigenvalue weighted by Crippen LogP contribution is 2.27. The number of rotatable bonds is 2. The highest BCUT2D eigenvalue weighted by Gasteiger charge is 2.14. The summed E-state index contributed by atoms with van der Waals surface area (Å²) in [6.07, 6.45) is 0.757. The molecule has 0 saturated heterocycles. The van der Waals surface area contributed by atoms with Crippen LogP contribution in [-0.2, 0) is 13.5 Å². The van der Waals surface area contributed by atoms with E-state index in [2.05, 4.69) is 4.98 Å². The quantitative estimate of drug-likeness (QED) is 0.880. The van der Waals surface area contributed by atoms with E-state index in [9.17, 15) is 4.39 Å². The molecule has 0 bridgehead atoms. The van der Waals surface area contributed by atoms with Gasteiger partial charge in [0.25, 0.3) is 0 Å². The molecule has 0 amide bonds. The van der Waals surface area contributed by atoms with Gasteiger partial charge in [0.15, 0.2) is 0 Å². The van der Waals surface area contributed by atoms with Crippen molar-refractivity contribution in [3.05, 3.63) is 35.4 Å². The molecule has 0 atom stereocenters. The number of aryl methyl sites for hydroxylation is 1. The Balaban J connectivity index is 2.59. The van der Waals surface area contributed by atoms with Crippen LogP contribution in [0.5, 0.6) is 0 Å². The summed E-state index contributed by atoms with van der Waals surface area (Å²) in [5, 5.41) is 8.82. The maximum Gasteiger partial charge on any atom is 0.140 e. The van der Waals surface area contributed by atoms with E-state index in [0.29, 0.717) is 17.1 Å². The molecule has 0 aliphatic carbocycles. The van der Waals surface area contributed by atoms with Crippen LogP contribution >= 0.6 is 0 Å². The fourth-order valence-corrected chi connectivity index (χ4v) is 1.85. The SMILES string of the molecule is CCc1nc(-c2ccc(F)c(C#N)c2)c(N)n1C. The Morgan fingerprint density at radius 2 is 2.22 bits per heavy atom. The molecule has 0 unspecified atom stereocenters. The lowest BCUT2D eigenvalue weighted by Gasteiger charge is -2.01. The van der Waals surface area contributed by atoms with Gasteiger partial charge in [0.2, 0.25) is 0 Å². The molecule has 0 saturated carbocycles. The molecular formula is C13H13FN4. The third kappa shape index (κ3) is 1.82. The van der Waals surface area contributed by atoms with Crippen LogP contribution < -0.4 is 5.73 Å². The van der Waals surface area contributed by atoms with E-state index in [0.717, 1.165) is 12.2 Å². The number of hydrogen-bond donors (Lipinski definition) is 1. The van der Waals surface area contributed by atoms with Crippen LogP contribution in [0.1, 0.15) is 18.3 Å². The van der Waals surface area contributed by atoms with Gasteiger partial charge in [-0.15, -0.1) is 0 Å². The van der Waals surface area contributed by atoms with Gasteiger partial charge < -0.3 is 10.3 Å². The van der Waals surface area contributed by atoms with Gasteiger partial charge in [-0.2, -0.15) is 5.26 Å². The summed E-state index contributed by atoms with van der Waals surface area (Å²) >= 11 is 0. The second-order valence-electron chi connectivity index (χ2n) is 3.98. The number of hydrogen-bond acceptors (Lipinski definition) is 3. The van der Waals surface area contributed by atoms with Crippen LogP contribution in [0.3, 0.4) is 0 Å². The fourth-order valence-electron chi connectivity index (χ4n) is 1.85. The van der Waals surface area contributed by atoms with Crippen molar-refractivity contribution in [2.24, 2.45) is 7.05 Å². The van der Waals surface area contributed by atoms with Crippen LogP contribution in [0.4, 0.5) is 10.2 Å². The minimum absolute atomic E-state index is 0.00407. The van der Waals surface area contributed by atoms with E-state index in [4.69, 9.17) is 11.0 Å². The van der Waals surface area contributed by atoms with Crippen LogP contribution in [0.2, 0.25) is 0 Å². The van der Waals surface area contributed by atoms with Crippen molar-refractivity contribution in [1.29, 1.82) is 5.26 Å². The molecule has 18 heavy (non-hydrogen) atoms. The number of nitrogens with two attached hydrogens (primary N) is 1. The summed E-state index contributed by atoms with van der Waals surface area (Å²) in [6, 6.07) is 6.11. The molecule has 0 fully saturated rings. The summed E-state index contributed by atoms with van der Waals surface area (Å²) in [4.78, 5) is 4.41. The van der Waals surface area contributed by atoms with Gasteiger partial charge in [-0.05, 0) is 18.2 Å². The number of anilines is 1. The van der Waals surface area contributed by atoms with Crippen molar-refractivity contribution in [2.45, 2.75) is 13.3 Å². The number of imidazole rings is 1. The lowest BCUT2D eigenvalue weighted by atomic mass is 10.1. The number of aromatic nitrogens is 2. The standard InChI is InChI=1S/C13H13FN4/c1-3-11-17-12(13(16)18(11)2)8-4-5-10(14)9(6-8)7-15/h4-6H,3,16H2,1-2H3. The Labute approximate surface area is 104 Å². The molecule has 92 valence electrons. The third-order valence-corrected chi connectivity index (χ3v) is 2.91. The fraction of sp³-hybridized carbons (Fsp3) is 0.231. The van der Waals surface area contributed by atoms with Crippen molar-refractivity contribution in [3.8, 4) is 17.3 Å². The topological polar surface area (TPSA) is 67.6 Å². The Morgan fingerprint density at radius 3 is 2.78 bits per heavy atom. The maximum atomic E-state index is 13.3. The van der Waals surface area contributed by atoms with Crippen LogP contribution in [0.15, 0.2) is 18.2 Å². The normalized spacial score (nSPS) is 10.3. The lowest BCUT2D eigenvalue weighted by Crippen LogP contribution is -2.00. The largest absolute Gasteiger partial charge is 0.383 e. The first-order valence-electron chi connectivity index (χ1n) is 5.59. The lowest BCUT2D eigenvalue weighted by molar-refractivity contribution is 0.624. The molecule has 0 radical (unpaired) electrons. The maximum absolute atomic E-state index is 13.3. The van der Waals surface area contributed by atoms with Crippen molar-refractivity contribution < 1.29 is 4.39 Å². The molecule has 1 heterocycles. The van der Waals surface area contributed by atoms with E-state index in [1.807, 2.05) is 20.0 Å². The average Bonchev–Trinajstić information content (AvgIpc) is 2.67. The van der Waals surface area contributed by atoms with E-state index < -0.39 is 5.82 Å². The summed E-state index contributed by atoms with van der Waals surface area (Å²) in [5.41, 5.74) is 7.20. The monoisotopic (exact) mass is 244 g/mol. The first-order chi connectivity index (χ1) is 8.58. The first kappa shape index (κ1) is 12.1. The molecule has 0 spiro atoms. The van der Waals surface area contributed by atoms with Gasteiger partial charge in [0.1, 0.15) is 29.2 Å². The zero-order valence-electron chi connectivity index (χ0n) is 10.2. The number of nitrogens with zero attached hydrogens (tertiary/aromatic N) is 3. The molecule has 0 aliphatic rings. The van der Waals surface area contributed by atoms with Gasteiger partial charge >= 0.3 is 0 Å². The van der Waals surface area contributed by atoms with Crippen LogP contribution in [-0.4, -0.2) is 9.55 Å². The molecule has 2 rings (SSSR count). The van der Waals surface area contributed by atoms with Crippen molar-refractivity contribution in [1.82, 2.24) is 9.55 Å². The number of nitrogen functional groups attached to an aromatic ring is 1. The Bertz CT molecular complexity index is 637. The molecule has 1 aromatic carbocycles. The summed E-state index contributed by atoms with van der Waals surface area (Å²) in [7, 11) is 1.83. The molecule has 0 aliphatic heterocycles. The second kappa shape index (κ2) is 4.49. The highest BCUT2D eigenvalue weighted by molar-refractivity contribution is 5.72. The van der Waals surface area contributed by atoms with Crippen molar-refractivity contribution in [3.63, 3.8) is 0 Å². The van der Waals surface area contributed by atoms with Crippen molar-refractivity contribution in [2.75, 3.05) is 5.73 Å². The second-order valence-corrected chi connectivity index (χ2v) is 3.98. The third-order valence-electron chi connectivity index (χ3n) is 2.91. The molecule has 2 aromatic rings. The summed E-state index contributed by atoms with van der Waals surface area (Å²) < 4.78 is 15.1. The van der Waals surface area contributed by atoms with Gasteiger partial charge in [0.05, 0.1) is 5.56 Å². The molecule has 2 N–H and O–H groups in total. The van der Waals surface area contributed by atoms with Gasteiger partial charge in [-0.3, -0.25) is 0 Å². The molecular weight excluding hydrogens is 231 g/mol. The molecule has 4 nitrogen and oxygen atoms in total. The summed E-state index contributed by atoms with van der Waals surface area (Å²) in [6.45, 7) is 1.98. The predicted molar refractivity (Wildman–Crippen MR) is 67.1 cm³/mol. The van der Waals surface area contributed by atoms with Crippen LogP contribution in [0, 0.1) is 17.1 Å². The number of halogens is 1. The Kier molecular flexibility index (Phi) is 3.02. The molecule has 5 heteroatoms. The van der Waals surface area contributed by atoms with Gasteiger partial charge in [0, 0.05) is 19.0 Å². The van der Waals surface area contributed by atoms with E-state index in [1.165, 1.54) is 12.1 Å². The number of nitriles is 1. The minimum atomic E-state index is -0.536. The molecule has 1 aromatic heterocycles. The predicted octanol–water partition coefficient (Wildman–Crippen LogP) is 2.24. The Morgan fingerprint density at radius 1 is 1.50 bits per heavy atom. The summed E-state index contributed by atoms with van der Waals surface area (Å²) in [5.74, 6) is 0.833. The van der Waals surface area contributed by atoms with Gasteiger partial charge in [-0.25, -0.2) is 9.37 Å². The highest BCUT2D eigenvalue weighted by atomic mass is 19.1. The smallest absolute Gasteiger partial charge is 0.140 e. The van der Waals surface area contributed by atoms with Crippen molar-refractivity contribution >= 4 is 5.82 Å².